The van der Waals surface area contributed by atoms with E-state index in [0.717, 1.165) is 0 Å². The Morgan fingerprint density at radius 2 is 1.79 bits per heavy atom. The van der Waals surface area contributed by atoms with Crippen LogP contribution in [0.25, 0.3) is 5.76 Å². The third-order valence-electron chi connectivity index (χ3n) is 3.68. The van der Waals surface area contributed by atoms with Crippen molar-refractivity contribution >= 4 is 17.9 Å². The lowest BCUT2D eigenvalue weighted by Crippen LogP contribution is -2.18. The van der Waals surface area contributed by atoms with Gasteiger partial charge in [0.15, 0.2) is 23.3 Å². The predicted molar refractivity (Wildman–Crippen MR) is 75.6 cm³/mol. The van der Waals surface area contributed by atoms with Gasteiger partial charge in [-0.15, -0.1) is 0 Å². The quantitative estimate of drug-likeness (QED) is 0.195. The van der Waals surface area contributed by atoms with E-state index in [1.54, 1.807) is 0 Å². The van der Waals surface area contributed by atoms with E-state index in [0.29, 0.717) is 25.5 Å². The van der Waals surface area contributed by atoms with E-state index >= 15 is 0 Å². The monoisotopic (exact) mass is 347 g/mol. The highest BCUT2D eigenvalue weighted by Crippen LogP contribution is 2.26. The van der Waals surface area contributed by atoms with Crippen LogP contribution in [0.3, 0.4) is 0 Å². The van der Waals surface area contributed by atoms with Gasteiger partial charge in [-0.05, 0) is 25.3 Å². The molecule has 5 nitrogen and oxygen atoms in total. The van der Waals surface area contributed by atoms with Crippen LogP contribution >= 0.6 is 0 Å². The van der Waals surface area contributed by atoms with Crippen LogP contribution < -0.4 is 0 Å². The number of halogens is 4. The van der Waals surface area contributed by atoms with Crippen molar-refractivity contribution in [3.8, 4) is 0 Å². The van der Waals surface area contributed by atoms with E-state index in [2.05, 4.69) is 4.99 Å². The van der Waals surface area contributed by atoms with Crippen LogP contribution in [0.5, 0.6) is 0 Å². The smallest absolute Gasteiger partial charge is 0.341 e. The molecule has 0 bridgehead atoms. The molecule has 130 valence electrons. The van der Waals surface area contributed by atoms with Gasteiger partial charge in [0.05, 0.1) is 17.7 Å². The molecule has 1 aliphatic carbocycles. The Balaban J connectivity index is 2.49. The first-order valence-corrected chi connectivity index (χ1v) is 6.95. The number of aliphatic hydroxyl groups excluding tert-OH is 2. The minimum absolute atomic E-state index is 0.143. The number of carboxylic acid groups (broad SMARTS) is 1. The van der Waals surface area contributed by atoms with Crippen LogP contribution in [-0.4, -0.2) is 39.6 Å². The molecule has 0 heterocycles. The highest BCUT2D eigenvalue weighted by atomic mass is 19.2. The van der Waals surface area contributed by atoms with Crippen molar-refractivity contribution in [2.24, 2.45) is 4.99 Å². The molecule has 9 heteroatoms. The van der Waals surface area contributed by atoms with Gasteiger partial charge in [0.25, 0.3) is 0 Å². The molecule has 1 aromatic carbocycles. The summed E-state index contributed by atoms with van der Waals surface area (Å²) in [5.74, 6) is -11.0. The number of rotatable bonds is 4. The molecule has 0 radical (unpaired) electrons. The summed E-state index contributed by atoms with van der Waals surface area (Å²) in [5.41, 5.74) is -2.10. The normalized spacial score (nSPS) is 22.0. The van der Waals surface area contributed by atoms with E-state index in [4.69, 9.17) is 5.11 Å². The van der Waals surface area contributed by atoms with Crippen molar-refractivity contribution in [3.63, 3.8) is 0 Å². The summed E-state index contributed by atoms with van der Waals surface area (Å²) in [6, 6.07) is -0.455. The topological polar surface area (TPSA) is 90.1 Å². The number of aliphatic imine (C=N–C) groups is 1. The molecule has 2 rings (SSSR count). The van der Waals surface area contributed by atoms with Crippen LogP contribution in [0.15, 0.2) is 16.6 Å². The average Bonchev–Trinajstić information content (AvgIpc) is 2.93. The van der Waals surface area contributed by atoms with Crippen LogP contribution in [0.2, 0.25) is 0 Å². The fourth-order valence-electron chi connectivity index (χ4n) is 2.37. The first-order chi connectivity index (χ1) is 11.2. The maximum absolute atomic E-state index is 13.7. The molecule has 1 saturated carbocycles. The van der Waals surface area contributed by atoms with Crippen LogP contribution in [0.1, 0.15) is 24.8 Å². The van der Waals surface area contributed by atoms with Crippen LogP contribution in [-0.2, 0) is 4.79 Å². The van der Waals surface area contributed by atoms with Gasteiger partial charge in [0.2, 0.25) is 0 Å². The zero-order valence-corrected chi connectivity index (χ0v) is 12.1. The first kappa shape index (κ1) is 17.9. The van der Waals surface area contributed by atoms with Crippen molar-refractivity contribution in [2.75, 3.05) is 0 Å². The zero-order chi connectivity index (χ0) is 18.0. The second-order valence-corrected chi connectivity index (χ2v) is 5.26. The van der Waals surface area contributed by atoms with E-state index in [9.17, 15) is 32.6 Å². The maximum atomic E-state index is 13.7. The summed E-state index contributed by atoms with van der Waals surface area (Å²) in [6.45, 7) is 0. The number of hydrogen-bond acceptors (Lipinski definition) is 4. The summed E-state index contributed by atoms with van der Waals surface area (Å²) in [6.07, 6.45) is 1.53. The Hall–Kier alpha value is -2.42. The lowest BCUT2D eigenvalue weighted by Gasteiger charge is -2.10. The van der Waals surface area contributed by atoms with Gasteiger partial charge >= 0.3 is 5.97 Å². The zero-order valence-electron chi connectivity index (χ0n) is 12.1. The number of carbonyl (C=O) groups is 1. The minimum atomic E-state index is -2.18. The molecule has 0 amide bonds. The molecular weight excluding hydrogens is 334 g/mol. The summed E-state index contributed by atoms with van der Waals surface area (Å²) in [5, 5.41) is 28.5. The molecular formula is C15H13F4NO4. The molecule has 1 fully saturated rings. The number of nitrogens with zero attached hydrogens (tertiary/aromatic N) is 1. The van der Waals surface area contributed by atoms with Crippen molar-refractivity contribution in [1.29, 1.82) is 0 Å². The predicted octanol–water partition coefficient (Wildman–Crippen LogP) is 2.58. The fraction of sp³-hybridized carbons (Fsp3) is 0.333. The molecule has 0 aliphatic heterocycles. The molecule has 2 unspecified atom stereocenters. The third kappa shape index (κ3) is 3.40. The van der Waals surface area contributed by atoms with Crippen LogP contribution in [0.4, 0.5) is 17.6 Å². The maximum Gasteiger partial charge on any atom is 0.341 e. The Morgan fingerprint density at radius 1 is 1.12 bits per heavy atom. The van der Waals surface area contributed by atoms with Gasteiger partial charge < -0.3 is 15.3 Å². The number of hydrogen-bond donors (Lipinski definition) is 3. The van der Waals surface area contributed by atoms with Crippen molar-refractivity contribution < 1.29 is 37.7 Å². The Kier molecular flexibility index (Phi) is 5.23. The van der Waals surface area contributed by atoms with Crippen molar-refractivity contribution in [3.05, 3.63) is 40.5 Å². The summed E-state index contributed by atoms with van der Waals surface area (Å²) >= 11 is 0. The third-order valence-corrected chi connectivity index (χ3v) is 3.68. The molecule has 2 atom stereocenters. The Labute approximate surface area is 133 Å². The molecule has 3 N–H and O–H groups in total. The Bertz CT molecular complexity index is 733. The second kappa shape index (κ2) is 7.00. The molecule has 0 aromatic heterocycles. The van der Waals surface area contributed by atoms with E-state index in [-0.39, 0.29) is 6.07 Å². The average molecular weight is 347 g/mol. The highest BCUT2D eigenvalue weighted by molar-refractivity contribution is 6.14. The Morgan fingerprint density at radius 3 is 2.33 bits per heavy atom. The first-order valence-electron chi connectivity index (χ1n) is 6.95. The summed E-state index contributed by atoms with van der Waals surface area (Å²) in [4.78, 5) is 15.0. The van der Waals surface area contributed by atoms with Gasteiger partial charge in [-0.3, -0.25) is 4.99 Å². The summed E-state index contributed by atoms with van der Waals surface area (Å²) < 4.78 is 53.0. The molecule has 24 heavy (non-hydrogen) atoms. The van der Waals surface area contributed by atoms with Crippen molar-refractivity contribution in [2.45, 2.75) is 31.4 Å². The van der Waals surface area contributed by atoms with E-state index in [1.807, 2.05) is 0 Å². The summed E-state index contributed by atoms with van der Waals surface area (Å²) in [7, 11) is 0. The largest absolute Gasteiger partial charge is 0.506 e. The second-order valence-electron chi connectivity index (χ2n) is 5.26. The van der Waals surface area contributed by atoms with Gasteiger partial charge in [-0.1, -0.05) is 0 Å². The van der Waals surface area contributed by atoms with Gasteiger partial charge in [0, 0.05) is 6.21 Å². The molecule has 0 spiro atoms. The SMILES string of the molecule is O=C(O)C(C=NC1CCCC1O)=C(O)c1cc(F)c(F)c(F)c1F. The fourth-order valence-corrected chi connectivity index (χ4v) is 2.37. The van der Waals surface area contributed by atoms with Crippen molar-refractivity contribution in [1.82, 2.24) is 0 Å². The number of carboxylic acids is 1. The standard InChI is InChI=1S/C15H13F4NO4/c16-8-4-6(11(17)13(19)12(8)18)14(22)7(15(23)24)5-20-9-2-1-3-10(9)21/h4-5,9-10,21-22H,1-3H2,(H,23,24). The molecule has 0 saturated heterocycles. The molecule has 1 aliphatic rings. The number of aliphatic hydroxyl groups is 2. The lowest BCUT2D eigenvalue weighted by atomic mass is 10.1. The van der Waals surface area contributed by atoms with Gasteiger partial charge in [-0.25, -0.2) is 22.4 Å². The van der Waals surface area contributed by atoms with E-state index < -0.39 is 58.3 Å². The van der Waals surface area contributed by atoms with Gasteiger partial charge in [-0.2, -0.15) is 0 Å². The van der Waals surface area contributed by atoms with E-state index in [1.165, 1.54) is 0 Å². The minimum Gasteiger partial charge on any atom is -0.506 e. The highest BCUT2D eigenvalue weighted by Gasteiger charge is 2.26. The molecule has 1 aromatic rings. The number of aliphatic carboxylic acids is 1. The number of benzene rings is 1. The van der Waals surface area contributed by atoms with Gasteiger partial charge in [0.1, 0.15) is 11.3 Å². The lowest BCUT2D eigenvalue weighted by molar-refractivity contribution is -0.132. The van der Waals surface area contributed by atoms with Crippen LogP contribution in [0, 0.1) is 23.3 Å².